The summed E-state index contributed by atoms with van der Waals surface area (Å²) in [5.74, 6) is 1.06. The van der Waals surface area contributed by atoms with Gasteiger partial charge in [0.15, 0.2) is 0 Å². The second-order valence-corrected chi connectivity index (χ2v) is 8.19. The molecule has 0 aliphatic rings. The number of hydrogen-bond donors (Lipinski definition) is 1. The second kappa shape index (κ2) is 10.5. The van der Waals surface area contributed by atoms with Crippen LogP contribution in [0.3, 0.4) is 0 Å². The molecule has 0 aliphatic carbocycles. The van der Waals surface area contributed by atoms with E-state index in [4.69, 9.17) is 9.47 Å². The monoisotopic (exact) mass is 445 g/mol. The van der Waals surface area contributed by atoms with Crippen LogP contribution in [0.15, 0.2) is 78.3 Å². The van der Waals surface area contributed by atoms with Crippen LogP contribution < -0.4 is 14.8 Å². The molecular weight excluding hydrogens is 422 g/mol. The molecule has 2 heterocycles. The van der Waals surface area contributed by atoms with Gasteiger partial charge >= 0.3 is 0 Å². The molecule has 0 unspecified atom stereocenters. The third kappa shape index (κ3) is 6.15. The number of carbonyl (C=O) groups excluding carboxylic acids is 1. The molecule has 0 aliphatic heterocycles. The molecule has 162 valence electrons. The summed E-state index contributed by atoms with van der Waals surface area (Å²) in [6.07, 6.45) is 1.68. The second-order valence-electron chi connectivity index (χ2n) is 7.13. The topological polar surface area (TPSA) is 73.3 Å². The first-order chi connectivity index (χ1) is 15.7. The SMILES string of the molecule is Cc1nc(COc2ccc(C(=O)NCc3ccnc(OCc4ccccc4)c3)cc2)cs1. The van der Waals surface area contributed by atoms with Crippen molar-refractivity contribution in [2.75, 3.05) is 0 Å². The first-order valence-electron chi connectivity index (χ1n) is 10.2. The van der Waals surface area contributed by atoms with E-state index >= 15 is 0 Å². The summed E-state index contributed by atoms with van der Waals surface area (Å²) < 4.78 is 11.5. The predicted octanol–water partition coefficient (Wildman–Crippen LogP) is 4.93. The fraction of sp³-hybridized carbons (Fsp3) is 0.160. The third-order valence-corrected chi connectivity index (χ3v) is 5.47. The first kappa shape index (κ1) is 21.5. The number of nitrogens with one attached hydrogen (secondary N) is 1. The van der Waals surface area contributed by atoms with Gasteiger partial charge in [0.05, 0.1) is 10.7 Å². The van der Waals surface area contributed by atoms with E-state index < -0.39 is 0 Å². The highest BCUT2D eigenvalue weighted by atomic mass is 32.1. The van der Waals surface area contributed by atoms with Gasteiger partial charge in [0.25, 0.3) is 5.91 Å². The number of nitrogens with zero attached hydrogens (tertiary/aromatic N) is 2. The minimum atomic E-state index is -0.157. The van der Waals surface area contributed by atoms with Crippen molar-refractivity contribution in [3.63, 3.8) is 0 Å². The van der Waals surface area contributed by atoms with Crippen molar-refractivity contribution in [1.82, 2.24) is 15.3 Å². The molecule has 32 heavy (non-hydrogen) atoms. The maximum absolute atomic E-state index is 12.5. The molecule has 2 aromatic heterocycles. The van der Waals surface area contributed by atoms with E-state index in [1.807, 2.05) is 54.8 Å². The summed E-state index contributed by atoms with van der Waals surface area (Å²) in [5, 5.41) is 5.92. The molecule has 0 fully saturated rings. The van der Waals surface area contributed by atoms with Gasteiger partial charge < -0.3 is 14.8 Å². The molecule has 0 spiro atoms. The summed E-state index contributed by atoms with van der Waals surface area (Å²) in [4.78, 5) is 21.1. The van der Waals surface area contributed by atoms with Gasteiger partial charge in [0.2, 0.25) is 5.88 Å². The van der Waals surface area contributed by atoms with Crippen LogP contribution in [0.1, 0.15) is 32.2 Å². The number of benzene rings is 2. The van der Waals surface area contributed by atoms with Gasteiger partial charge in [-0.3, -0.25) is 4.79 Å². The molecule has 4 rings (SSSR count). The van der Waals surface area contributed by atoms with E-state index in [-0.39, 0.29) is 5.91 Å². The summed E-state index contributed by atoms with van der Waals surface area (Å²) >= 11 is 1.60. The Morgan fingerprint density at radius 3 is 2.53 bits per heavy atom. The number of amides is 1. The standard InChI is InChI=1S/C25H23N3O3S/c1-18-28-22(17-32-18)16-30-23-9-7-21(8-10-23)25(29)27-14-20-11-12-26-24(13-20)31-15-19-5-3-2-4-6-19/h2-13,17H,14-16H2,1H3,(H,27,29). The van der Waals surface area contributed by atoms with Crippen LogP contribution >= 0.6 is 11.3 Å². The number of thiazole rings is 1. The third-order valence-electron chi connectivity index (χ3n) is 4.65. The highest BCUT2D eigenvalue weighted by Crippen LogP contribution is 2.16. The number of pyridine rings is 1. The Morgan fingerprint density at radius 1 is 0.969 bits per heavy atom. The van der Waals surface area contributed by atoms with Crippen LogP contribution in [0.25, 0.3) is 0 Å². The highest BCUT2D eigenvalue weighted by molar-refractivity contribution is 7.09. The molecule has 4 aromatic rings. The Labute approximate surface area is 190 Å². The molecule has 2 aromatic carbocycles. The lowest BCUT2D eigenvalue weighted by Crippen LogP contribution is -2.22. The minimum absolute atomic E-state index is 0.157. The van der Waals surface area contributed by atoms with Gasteiger partial charge in [-0.05, 0) is 48.4 Å². The largest absolute Gasteiger partial charge is 0.487 e. The van der Waals surface area contributed by atoms with E-state index in [2.05, 4.69) is 15.3 Å². The van der Waals surface area contributed by atoms with Crippen molar-refractivity contribution in [3.8, 4) is 11.6 Å². The van der Waals surface area contributed by atoms with Crippen LogP contribution in [0.2, 0.25) is 0 Å². The van der Waals surface area contributed by atoms with Gasteiger partial charge in [-0.1, -0.05) is 30.3 Å². The van der Waals surface area contributed by atoms with Crippen molar-refractivity contribution in [2.24, 2.45) is 0 Å². The molecule has 0 atom stereocenters. The van der Waals surface area contributed by atoms with Gasteiger partial charge in [-0.2, -0.15) is 0 Å². The first-order valence-corrected chi connectivity index (χ1v) is 11.1. The number of aryl methyl sites for hydroxylation is 1. The number of hydrogen-bond acceptors (Lipinski definition) is 6. The lowest BCUT2D eigenvalue weighted by atomic mass is 10.2. The zero-order valence-corrected chi connectivity index (χ0v) is 18.5. The Kier molecular flexibility index (Phi) is 7.09. The summed E-state index contributed by atoms with van der Waals surface area (Å²) in [7, 11) is 0. The number of ether oxygens (including phenoxy) is 2. The van der Waals surface area contributed by atoms with Crippen molar-refractivity contribution < 1.29 is 14.3 Å². The zero-order valence-electron chi connectivity index (χ0n) is 17.7. The summed E-state index contributed by atoms with van der Waals surface area (Å²) in [6.45, 7) is 3.20. The van der Waals surface area contributed by atoms with E-state index in [0.717, 1.165) is 21.8 Å². The fourth-order valence-electron chi connectivity index (χ4n) is 2.99. The smallest absolute Gasteiger partial charge is 0.251 e. The van der Waals surface area contributed by atoms with E-state index in [9.17, 15) is 4.79 Å². The van der Waals surface area contributed by atoms with Crippen LogP contribution in [0.4, 0.5) is 0 Å². The van der Waals surface area contributed by atoms with Gasteiger partial charge in [-0.15, -0.1) is 11.3 Å². The Balaban J connectivity index is 1.26. The lowest BCUT2D eigenvalue weighted by Gasteiger charge is -2.09. The number of aromatic nitrogens is 2. The maximum Gasteiger partial charge on any atom is 0.251 e. The predicted molar refractivity (Wildman–Crippen MR) is 124 cm³/mol. The van der Waals surface area contributed by atoms with Gasteiger partial charge in [0, 0.05) is 29.8 Å². The molecule has 0 saturated carbocycles. The van der Waals surface area contributed by atoms with E-state index in [1.54, 1.807) is 41.8 Å². The van der Waals surface area contributed by atoms with Crippen LogP contribution in [-0.4, -0.2) is 15.9 Å². The number of carbonyl (C=O) groups is 1. The molecule has 6 nitrogen and oxygen atoms in total. The average Bonchev–Trinajstić information content (AvgIpc) is 3.26. The molecule has 0 saturated heterocycles. The summed E-state index contributed by atoms with van der Waals surface area (Å²) in [5.41, 5.74) is 3.45. The quantitative estimate of drug-likeness (QED) is 0.395. The molecule has 1 amide bonds. The Hall–Kier alpha value is -3.71. The van der Waals surface area contributed by atoms with Gasteiger partial charge in [-0.25, -0.2) is 9.97 Å². The van der Waals surface area contributed by atoms with Crippen LogP contribution in [-0.2, 0) is 19.8 Å². The molecule has 0 bridgehead atoms. The fourth-order valence-corrected chi connectivity index (χ4v) is 3.59. The maximum atomic E-state index is 12.5. The molecular formula is C25H23N3O3S. The minimum Gasteiger partial charge on any atom is -0.487 e. The molecule has 7 heteroatoms. The van der Waals surface area contributed by atoms with Crippen molar-refractivity contribution in [2.45, 2.75) is 26.7 Å². The zero-order chi connectivity index (χ0) is 22.2. The summed E-state index contributed by atoms with van der Waals surface area (Å²) in [6, 6.07) is 20.7. The molecule has 0 radical (unpaired) electrons. The average molecular weight is 446 g/mol. The van der Waals surface area contributed by atoms with Crippen LogP contribution in [0.5, 0.6) is 11.6 Å². The number of rotatable bonds is 9. The van der Waals surface area contributed by atoms with Gasteiger partial charge in [0.1, 0.15) is 19.0 Å². The lowest BCUT2D eigenvalue weighted by molar-refractivity contribution is 0.0950. The van der Waals surface area contributed by atoms with E-state index in [0.29, 0.717) is 37.0 Å². The van der Waals surface area contributed by atoms with Crippen LogP contribution in [0, 0.1) is 6.92 Å². The Morgan fingerprint density at radius 2 is 1.78 bits per heavy atom. The highest BCUT2D eigenvalue weighted by Gasteiger charge is 2.07. The normalized spacial score (nSPS) is 10.5. The van der Waals surface area contributed by atoms with E-state index in [1.165, 1.54) is 0 Å². The molecule has 1 N–H and O–H groups in total. The van der Waals surface area contributed by atoms with Crippen molar-refractivity contribution in [1.29, 1.82) is 0 Å². The van der Waals surface area contributed by atoms with Crippen molar-refractivity contribution in [3.05, 3.63) is 106 Å². The van der Waals surface area contributed by atoms with Crippen molar-refractivity contribution >= 4 is 17.2 Å². The Bertz CT molecular complexity index is 1160.